The Labute approximate surface area is 154 Å². The van der Waals surface area contributed by atoms with E-state index in [1.54, 1.807) is 0 Å². The summed E-state index contributed by atoms with van der Waals surface area (Å²) in [5.74, 6) is 1.17. The highest BCUT2D eigenvalue weighted by Gasteiger charge is 1.97. The van der Waals surface area contributed by atoms with Gasteiger partial charge < -0.3 is 0 Å². The molecule has 0 aliphatic rings. The summed E-state index contributed by atoms with van der Waals surface area (Å²) >= 11 is 1.87. The molecular weight excluding hydrogens is 312 g/mol. The largest absolute Gasteiger partial charge is 0.298 e. The quantitative estimate of drug-likeness (QED) is 0.173. The van der Waals surface area contributed by atoms with E-state index in [1.807, 2.05) is 30.0 Å². The number of aldehydes is 1. The van der Waals surface area contributed by atoms with Gasteiger partial charge in [-0.25, -0.2) is 0 Å². The summed E-state index contributed by atoms with van der Waals surface area (Å²) in [6, 6.07) is 7.91. The predicted octanol–water partition coefficient (Wildman–Crippen LogP) is 7.68. The van der Waals surface area contributed by atoms with Crippen LogP contribution in [0.1, 0.15) is 101 Å². The van der Waals surface area contributed by atoms with E-state index >= 15 is 0 Å². The number of thioether (sulfide) groups is 1. The second-order valence-corrected chi connectivity index (χ2v) is 7.95. The van der Waals surface area contributed by atoms with Gasteiger partial charge in [0.1, 0.15) is 6.29 Å². The van der Waals surface area contributed by atoms with Crippen molar-refractivity contribution in [2.24, 2.45) is 0 Å². The van der Waals surface area contributed by atoms with Gasteiger partial charge in [0.15, 0.2) is 0 Å². The number of hydrogen-bond donors (Lipinski definition) is 0. The molecule has 0 radical (unpaired) electrons. The van der Waals surface area contributed by atoms with E-state index in [4.69, 9.17) is 0 Å². The molecule has 0 heterocycles. The number of rotatable bonds is 16. The first-order chi connectivity index (χ1) is 11.9. The van der Waals surface area contributed by atoms with Crippen molar-refractivity contribution in [3.8, 4) is 0 Å². The Kier molecular flexibility index (Phi) is 14.0. The van der Waals surface area contributed by atoms with Gasteiger partial charge in [0.2, 0.25) is 0 Å². The monoisotopic (exact) mass is 348 g/mol. The smallest absolute Gasteiger partial charge is 0.150 e. The third-order valence-corrected chi connectivity index (χ3v) is 5.59. The zero-order valence-corrected chi connectivity index (χ0v) is 16.4. The normalized spacial score (nSPS) is 10.9. The zero-order chi connectivity index (χ0) is 17.3. The van der Waals surface area contributed by atoms with Crippen LogP contribution >= 0.6 is 11.8 Å². The molecule has 0 N–H and O–H groups in total. The molecule has 0 aromatic heterocycles. The van der Waals surface area contributed by atoms with Crippen molar-refractivity contribution >= 4 is 18.0 Å². The molecule has 0 bridgehead atoms. The molecule has 0 unspecified atom stereocenters. The third-order valence-electron chi connectivity index (χ3n) is 4.51. The van der Waals surface area contributed by atoms with Crippen LogP contribution in [0.25, 0.3) is 0 Å². The lowest BCUT2D eigenvalue weighted by molar-refractivity contribution is 0.112. The molecule has 0 aliphatic heterocycles. The van der Waals surface area contributed by atoms with Gasteiger partial charge in [-0.15, -0.1) is 11.8 Å². The second-order valence-electron chi connectivity index (χ2n) is 6.78. The minimum absolute atomic E-state index is 0.783. The highest BCUT2D eigenvalue weighted by atomic mass is 32.2. The van der Waals surface area contributed by atoms with Gasteiger partial charge in [-0.3, -0.25) is 4.79 Å². The van der Waals surface area contributed by atoms with Crippen molar-refractivity contribution in [1.29, 1.82) is 0 Å². The van der Waals surface area contributed by atoms with Gasteiger partial charge in [0.05, 0.1) is 0 Å². The van der Waals surface area contributed by atoms with Crippen molar-refractivity contribution in [2.45, 2.75) is 95.3 Å². The molecule has 0 aliphatic carbocycles. The fourth-order valence-corrected chi connectivity index (χ4v) is 3.97. The molecule has 136 valence electrons. The first-order valence-corrected chi connectivity index (χ1v) is 11.0. The fourth-order valence-electron chi connectivity index (χ4n) is 2.99. The van der Waals surface area contributed by atoms with Crippen LogP contribution in [0.15, 0.2) is 29.2 Å². The van der Waals surface area contributed by atoms with Crippen LogP contribution in [-0.2, 0) is 0 Å². The Morgan fingerprint density at radius 3 is 1.88 bits per heavy atom. The number of carbonyl (C=O) groups excluding carboxylic acids is 1. The van der Waals surface area contributed by atoms with Crippen LogP contribution in [-0.4, -0.2) is 12.0 Å². The fraction of sp³-hybridized carbons (Fsp3) is 0.682. The molecule has 1 nitrogen and oxygen atoms in total. The summed E-state index contributed by atoms with van der Waals surface area (Å²) in [5, 5.41) is 0. The highest BCUT2D eigenvalue weighted by molar-refractivity contribution is 7.99. The van der Waals surface area contributed by atoms with Crippen LogP contribution in [0.3, 0.4) is 0 Å². The first kappa shape index (κ1) is 21.3. The summed E-state index contributed by atoms with van der Waals surface area (Å²) in [5.41, 5.74) is 0.783. The third kappa shape index (κ3) is 11.7. The van der Waals surface area contributed by atoms with Crippen LogP contribution in [0, 0.1) is 0 Å². The summed E-state index contributed by atoms with van der Waals surface area (Å²) in [6.45, 7) is 2.28. The first-order valence-electron chi connectivity index (χ1n) is 10.0. The van der Waals surface area contributed by atoms with Gasteiger partial charge in [-0.1, -0.05) is 96.1 Å². The Balaban J connectivity index is 1.83. The van der Waals surface area contributed by atoms with Crippen molar-refractivity contribution in [1.82, 2.24) is 0 Å². The van der Waals surface area contributed by atoms with Gasteiger partial charge in [0, 0.05) is 10.5 Å². The molecule has 0 atom stereocenters. The number of benzene rings is 1. The van der Waals surface area contributed by atoms with E-state index in [1.165, 1.54) is 94.1 Å². The highest BCUT2D eigenvalue weighted by Crippen LogP contribution is 2.21. The molecule has 0 fully saturated rings. The van der Waals surface area contributed by atoms with Crippen LogP contribution in [0.4, 0.5) is 0 Å². The zero-order valence-electron chi connectivity index (χ0n) is 15.6. The van der Waals surface area contributed by atoms with Crippen LogP contribution in [0.2, 0.25) is 0 Å². The van der Waals surface area contributed by atoms with Crippen molar-refractivity contribution < 1.29 is 4.79 Å². The maximum atomic E-state index is 10.8. The molecule has 1 aromatic carbocycles. The average molecular weight is 349 g/mol. The minimum atomic E-state index is 0.783. The number of unbranched alkanes of at least 4 members (excludes halogenated alkanes) is 12. The van der Waals surface area contributed by atoms with Crippen molar-refractivity contribution in [3.05, 3.63) is 29.8 Å². The summed E-state index contributed by atoms with van der Waals surface area (Å²) in [4.78, 5) is 12.0. The topological polar surface area (TPSA) is 17.1 Å². The van der Waals surface area contributed by atoms with E-state index < -0.39 is 0 Å². The van der Waals surface area contributed by atoms with E-state index in [9.17, 15) is 4.79 Å². The number of hydrogen-bond acceptors (Lipinski definition) is 2. The van der Waals surface area contributed by atoms with Gasteiger partial charge in [-0.2, -0.15) is 0 Å². The van der Waals surface area contributed by atoms with Gasteiger partial charge in [0.25, 0.3) is 0 Å². The van der Waals surface area contributed by atoms with Gasteiger partial charge >= 0.3 is 0 Å². The maximum absolute atomic E-state index is 10.8. The van der Waals surface area contributed by atoms with E-state index in [2.05, 4.69) is 13.0 Å². The molecule has 1 aromatic rings. The predicted molar refractivity (Wildman–Crippen MR) is 108 cm³/mol. The molecule has 0 saturated heterocycles. The summed E-state index contributed by atoms with van der Waals surface area (Å²) in [7, 11) is 0. The molecule has 0 spiro atoms. The Morgan fingerprint density at radius 1 is 0.792 bits per heavy atom. The molecule has 2 heteroatoms. The molecule has 0 amide bonds. The van der Waals surface area contributed by atoms with Crippen molar-refractivity contribution in [3.63, 3.8) is 0 Å². The molecule has 1 rings (SSSR count). The maximum Gasteiger partial charge on any atom is 0.150 e. The lowest BCUT2D eigenvalue weighted by Crippen LogP contribution is -1.85. The Hall–Kier alpha value is -0.760. The second kappa shape index (κ2) is 15.7. The average Bonchev–Trinajstić information content (AvgIpc) is 2.62. The SMILES string of the molecule is CCCCCCCCCCCCCCCSc1cccc(C=O)c1. The molecule has 24 heavy (non-hydrogen) atoms. The van der Waals surface area contributed by atoms with E-state index in [-0.39, 0.29) is 0 Å². The minimum Gasteiger partial charge on any atom is -0.298 e. The van der Waals surface area contributed by atoms with Gasteiger partial charge in [-0.05, 0) is 24.3 Å². The van der Waals surface area contributed by atoms with Crippen LogP contribution in [0.5, 0.6) is 0 Å². The van der Waals surface area contributed by atoms with E-state index in [0.717, 1.165) is 11.8 Å². The summed E-state index contributed by atoms with van der Waals surface area (Å²) in [6.07, 6.45) is 19.2. The van der Waals surface area contributed by atoms with Crippen LogP contribution < -0.4 is 0 Å². The Morgan fingerprint density at radius 2 is 1.33 bits per heavy atom. The molecular formula is C22H36OS. The summed E-state index contributed by atoms with van der Waals surface area (Å²) < 4.78 is 0. The molecule has 0 saturated carbocycles. The Bertz CT molecular complexity index is 416. The number of carbonyl (C=O) groups is 1. The lowest BCUT2D eigenvalue weighted by atomic mass is 10.1. The van der Waals surface area contributed by atoms with Crippen molar-refractivity contribution in [2.75, 3.05) is 5.75 Å². The standard InChI is InChI=1S/C22H36OS/c1-2-3-4-5-6-7-8-9-10-11-12-13-14-18-24-22-17-15-16-21(19-22)20-23/h15-17,19-20H,2-14,18H2,1H3. The van der Waals surface area contributed by atoms with E-state index in [0.29, 0.717) is 0 Å². The lowest BCUT2D eigenvalue weighted by Gasteiger charge is -2.04.